The normalized spacial score (nSPS) is 11.2. The van der Waals surface area contributed by atoms with Crippen LogP contribution in [0.25, 0.3) is 11.1 Å². The van der Waals surface area contributed by atoms with Gasteiger partial charge in [0.25, 0.3) is 0 Å². The van der Waals surface area contributed by atoms with Gasteiger partial charge < -0.3 is 5.73 Å². The van der Waals surface area contributed by atoms with Crippen LogP contribution in [0.3, 0.4) is 0 Å². The number of nitrogens with zero attached hydrogens (tertiary/aromatic N) is 2. The van der Waals surface area contributed by atoms with Gasteiger partial charge in [0.1, 0.15) is 0 Å². The van der Waals surface area contributed by atoms with E-state index in [4.69, 9.17) is 5.73 Å². The largest absolute Gasteiger partial charge is 0.416 e. The average Bonchev–Trinajstić information content (AvgIpc) is 2.69. The van der Waals surface area contributed by atoms with Crippen LogP contribution in [0.5, 0.6) is 0 Å². The molecule has 19 heavy (non-hydrogen) atoms. The van der Waals surface area contributed by atoms with Gasteiger partial charge >= 0.3 is 6.18 Å². The van der Waals surface area contributed by atoms with E-state index in [1.165, 1.54) is 12.3 Å². The lowest BCUT2D eigenvalue weighted by molar-refractivity contribution is -0.137. The average molecular weight is 292 g/mol. The molecule has 0 radical (unpaired) electrons. The van der Waals surface area contributed by atoms with E-state index in [-0.39, 0.29) is 19.0 Å². The molecule has 7 heteroatoms. The van der Waals surface area contributed by atoms with Crippen LogP contribution in [0.15, 0.2) is 30.5 Å². The first kappa shape index (κ1) is 15.5. The minimum Gasteiger partial charge on any atom is -0.325 e. The number of alkyl halides is 3. The monoisotopic (exact) mass is 291 g/mol. The van der Waals surface area contributed by atoms with Crippen molar-refractivity contribution in [2.24, 2.45) is 12.8 Å². The van der Waals surface area contributed by atoms with Crippen molar-refractivity contribution in [2.75, 3.05) is 0 Å². The lowest BCUT2D eigenvalue weighted by Crippen LogP contribution is -2.06. The van der Waals surface area contributed by atoms with Gasteiger partial charge in [-0.05, 0) is 17.7 Å². The van der Waals surface area contributed by atoms with Gasteiger partial charge in [0.15, 0.2) is 0 Å². The second-order valence-electron chi connectivity index (χ2n) is 3.91. The predicted molar refractivity (Wildman–Crippen MR) is 68.8 cm³/mol. The molecule has 0 aliphatic rings. The molecule has 104 valence electrons. The van der Waals surface area contributed by atoms with E-state index < -0.39 is 11.7 Å². The van der Waals surface area contributed by atoms with Crippen LogP contribution in [-0.2, 0) is 19.8 Å². The van der Waals surface area contributed by atoms with Crippen LogP contribution in [0, 0.1) is 0 Å². The Bertz CT molecular complexity index is 564. The van der Waals surface area contributed by atoms with Crippen molar-refractivity contribution in [1.29, 1.82) is 0 Å². The van der Waals surface area contributed by atoms with E-state index in [2.05, 4.69) is 5.10 Å². The zero-order valence-corrected chi connectivity index (χ0v) is 10.9. The molecule has 1 heterocycles. The van der Waals surface area contributed by atoms with Crippen molar-refractivity contribution >= 4 is 12.4 Å². The summed E-state index contributed by atoms with van der Waals surface area (Å²) in [5.74, 6) is 0. The van der Waals surface area contributed by atoms with E-state index in [0.29, 0.717) is 16.8 Å². The van der Waals surface area contributed by atoms with Crippen molar-refractivity contribution in [1.82, 2.24) is 9.78 Å². The fraction of sp³-hybridized carbons (Fsp3) is 0.250. The number of nitrogens with two attached hydrogens (primary N) is 1. The van der Waals surface area contributed by atoms with Crippen LogP contribution in [0.4, 0.5) is 13.2 Å². The van der Waals surface area contributed by atoms with Gasteiger partial charge in [0.05, 0.1) is 17.5 Å². The minimum atomic E-state index is -4.35. The Morgan fingerprint density at radius 3 is 2.58 bits per heavy atom. The van der Waals surface area contributed by atoms with Gasteiger partial charge in [-0.15, -0.1) is 12.4 Å². The van der Waals surface area contributed by atoms with Gasteiger partial charge in [-0.25, -0.2) is 0 Å². The lowest BCUT2D eigenvalue weighted by atomic mass is 10.0. The Hall–Kier alpha value is -1.53. The first-order valence-electron chi connectivity index (χ1n) is 5.32. The highest BCUT2D eigenvalue weighted by molar-refractivity contribution is 5.85. The van der Waals surface area contributed by atoms with E-state index in [1.54, 1.807) is 17.8 Å². The topological polar surface area (TPSA) is 43.8 Å². The van der Waals surface area contributed by atoms with E-state index in [1.807, 2.05) is 0 Å². The first-order valence-corrected chi connectivity index (χ1v) is 5.32. The smallest absolute Gasteiger partial charge is 0.325 e. The third-order valence-electron chi connectivity index (χ3n) is 2.76. The third kappa shape index (κ3) is 3.08. The van der Waals surface area contributed by atoms with Crippen LogP contribution in [-0.4, -0.2) is 9.78 Å². The molecule has 0 spiro atoms. The summed E-state index contributed by atoms with van der Waals surface area (Å²) in [7, 11) is 1.71. The molecule has 0 atom stereocenters. The molecule has 2 rings (SSSR count). The molecular weight excluding hydrogens is 279 g/mol. The van der Waals surface area contributed by atoms with Gasteiger partial charge in [-0.3, -0.25) is 4.68 Å². The summed E-state index contributed by atoms with van der Waals surface area (Å²) in [6.45, 7) is 0.224. The van der Waals surface area contributed by atoms with E-state index in [0.717, 1.165) is 12.1 Å². The van der Waals surface area contributed by atoms with Crippen LogP contribution in [0.1, 0.15) is 11.3 Å². The summed E-state index contributed by atoms with van der Waals surface area (Å²) in [5, 5.41) is 4.01. The zero-order chi connectivity index (χ0) is 13.3. The molecule has 0 saturated heterocycles. The second-order valence-corrected chi connectivity index (χ2v) is 3.91. The number of aromatic nitrogens is 2. The summed E-state index contributed by atoms with van der Waals surface area (Å²) < 4.78 is 39.4. The maximum Gasteiger partial charge on any atom is 0.416 e. The number of hydrogen-bond donors (Lipinski definition) is 1. The number of benzene rings is 1. The molecule has 0 aliphatic carbocycles. The van der Waals surface area contributed by atoms with Gasteiger partial charge in [0, 0.05) is 19.2 Å². The summed E-state index contributed by atoms with van der Waals surface area (Å²) in [4.78, 5) is 0. The van der Waals surface area contributed by atoms with E-state index >= 15 is 0 Å². The maximum absolute atomic E-state index is 12.6. The van der Waals surface area contributed by atoms with Crippen LogP contribution < -0.4 is 5.73 Å². The van der Waals surface area contributed by atoms with Crippen molar-refractivity contribution in [3.63, 3.8) is 0 Å². The van der Waals surface area contributed by atoms with Gasteiger partial charge in [-0.2, -0.15) is 18.3 Å². The highest BCUT2D eigenvalue weighted by atomic mass is 35.5. The molecule has 0 aliphatic heterocycles. The Morgan fingerprint density at radius 1 is 1.32 bits per heavy atom. The number of rotatable bonds is 2. The molecule has 0 amide bonds. The molecule has 2 N–H and O–H groups in total. The fourth-order valence-electron chi connectivity index (χ4n) is 1.81. The lowest BCUT2D eigenvalue weighted by Gasteiger charge is -2.09. The summed E-state index contributed by atoms with van der Waals surface area (Å²) >= 11 is 0. The number of aryl methyl sites for hydroxylation is 1. The highest BCUT2D eigenvalue weighted by Gasteiger charge is 2.30. The number of halogens is 4. The van der Waals surface area contributed by atoms with Crippen molar-refractivity contribution in [3.8, 4) is 11.1 Å². The highest BCUT2D eigenvalue weighted by Crippen LogP contribution is 2.32. The zero-order valence-electron chi connectivity index (χ0n) is 10.1. The Kier molecular flexibility index (Phi) is 4.60. The summed E-state index contributed by atoms with van der Waals surface area (Å²) in [5.41, 5.74) is 6.70. The second kappa shape index (κ2) is 5.63. The molecule has 2 aromatic rings. The van der Waals surface area contributed by atoms with Crippen molar-refractivity contribution < 1.29 is 13.2 Å². The van der Waals surface area contributed by atoms with Crippen molar-refractivity contribution in [3.05, 3.63) is 41.7 Å². The van der Waals surface area contributed by atoms with Crippen molar-refractivity contribution in [2.45, 2.75) is 12.7 Å². The maximum atomic E-state index is 12.6. The van der Waals surface area contributed by atoms with E-state index in [9.17, 15) is 13.2 Å². The van der Waals surface area contributed by atoms with Crippen LogP contribution in [0.2, 0.25) is 0 Å². The first-order chi connectivity index (χ1) is 8.43. The summed E-state index contributed by atoms with van der Waals surface area (Å²) in [6.07, 6.45) is -2.82. The standard InChI is InChI=1S/C12H12F3N3.ClH/c1-18-11(6-16)10(7-17-18)8-3-2-4-9(5-8)12(13,14)15;/h2-5,7H,6,16H2,1H3;1H. The van der Waals surface area contributed by atoms with Gasteiger partial charge in [-0.1, -0.05) is 12.1 Å². The number of hydrogen-bond acceptors (Lipinski definition) is 2. The van der Waals surface area contributed by atoms with Gasteiger partial charge in [0.2, 0.25) is 0 Å². The molecule has 0 saturated carbocycles. The third-order valence-corrected chi connectivity index (χ3v) is 2.76. The minimum absolute atomic E-state index is 0. The molecule has 1 aromatic heterocycles. The molecule has 0 bridgehead atoms. The molecule has 3 nitrogen and oxygen atoms in total. The fourth-order valence-corrected chi connectivity index (χ4v) is 1.81. The summed E-state index contributed by atoms with van der Waals surface area (Å²) in [6, 6.07) is 5.15. The SMILES string of the molecule is Cl.Cn1ncc(-c2cccc(C(F)(F)F)c2)c1CN. The Labute approximate surface area is 114 Å². The predicted octanol–water partition coefficient (Wildman–Crippen LogP) is 2.99. The van der Waals surface area contributed by atoms with Crippen LogP contribution >= 0.6 is 12.4 Å². The Balaban J connectivity index is 0.00000180. The Morgan fingerprint density at radius 2 is 2.00 bits per heavy atom. The molecule has 0 unspecified atom stereocenters. The molecule has 0 fully saturated rings. The molecular formula is C12H13ClF3N3. The quantitative estimate of drug-likeness (QED) is 0.924. The molecule has 1 aromatic carbocycles.